The number of benzene rings is 1. The first kappa shape index (κ1) is 17.3. The van der Waals surface area contributed by atoms with Crippen LogP contribution in [0.2, 0.25) is 0 Å². The maximum Gasteiger partial charge on any atom is 0.238 e. The number of nitrogens with zero attached hydrogens (tertiary/aromatic N) is 3. The fraction of sp³-hybridized carbons (Fsp3) is 0.529. The summed E-state index contributed by atoms with van der Waals surface area (Å²) >= 11 is 0. The molecular weight excluding hydrogens is 292 g/mol. The van der Waals surface area contributed by atoms with Crippen LogP contribution in [0.15, 0.2) is 24.3 Å². The van der Waals surface area contributed by atoms with Gasteiger partial charge >= 0.3 is 0 Å². The minimum absolute atomic E-state index is 0.0183. The largest absolute Gasteiger partial charge is 0.372 e. The summed E-state index contributed by atoms with van der Waals surface area (Å²) in [7, 11) is 5.17. The molecule has 0 atom stereocenters. The van der Waals surface area contributed by atoms with Crippen molar-refractivity contribution in [1.29, 1.82) is 0 Å². The highest BCUT2D eigenvalue weighted by Crippen LogP contribution is 2.21. The lowest BCUT2D eigenvalue weighted by molar-refractivity contribution is -0.130. The van der Waals surface area contributed by atoms with Crippen molar-refractivity contribution in [1.82, 2.24) is 9.80 Å². The van der Waals surface area contributed by atoms with E-state index in [1.165, 1.54) is 23.4 Å². The lowest BCUT2D eigenvalue weighted by Crippen LogP contribution is -2.38. The molecule has 23 heavy (non-hydrogen) atoms. The highest BCUT2D eigenvalue weighted by molar-refractivity contribution is 5.92. The van der Waals surface area contributed by atoms with Crippen molar-refractivity contribution >= 4 is 23.2 Å². The van der Waals surface area contributed by atoms with E-state index >= 15 is 0 Å². The lowest BCUT2D eigenvalue weighted by Gasteiger charge is -2.19. The minimum Gasteiger partial charge on any atom is -0.372 e. The Kier molecular flexibility index (Phi) is 5.98. The smallest absolute Gasteiger partial charge is 0.238 e. The molecule has 1 fully saturated rings. The van der Waals surface area contributed by atoms with Crippen molar-refractivity contribution in [3.8, 4) is 0 Å². The molecule has 0 saturated carbocycles. The molecule has 6 nitrogen and oxygen atoms in total. The first-order chi connectivity index (χ1) is 11.0. The van der Waals surface area contributed by atoms with Gasteiger partial charge in [0.05, 0.1) is 13.1 Å². The third-order valence-electron chi connectivity index (χ3n) is 3.94. The number of nitrogens with one attached hydrogen (secondary N) is 1. The molecule has 1 N–H and O–H groups in total. The van der Waals surface area contributed by atoms with Gasteiger partial charge in [-0.2, -0.15) is 0 Å². The number of rotatable bonds is 6. The molecule has 0 aliphatic carbocycles. The summed E-state index contributed by atoms with van der Waals surface area (Å²) in [5, 5.41) is 2.87. The van der Waals surface area contributed by atoms with Crippen LogP contribution in [-0.2, 0) is 9.59 Å². The monoisotopic (exact) mass is 318 g/mol. The van der Waals surface area contributed by atoms with E-state index in [-0.39, 0.29) is 24.9 Å². The number of anilines is 2. The van der Waals surface area contributed by atoms with Gasteiger partial charge in [0.25, 0.3) is 0 Å². The third kappa shape index (κ3) is 5.25. The average molecular weight is 318 g/mol. The van der Waals surface area contributed by atoms with Gasteiger partial charge in [0, 0.05) is 38.6 Å². The van der Waals surface area contributed by atoms with Gasteiger partial charge in [-0.25, -0.2) is 0 Å². The molecule has 0 bridgehead atoms. The minimum atomic E-state index is -0.118. The van der Waals surface area contributed by atoms with Crippen molar-refractivity contribution in [2.75, 3.05) is 57.5 Å². The Hall–Kier alpha value is -2.08. The first-order valence-corrected chi connectivity index (χ1v) is 7.99. The molecule has 1 aromatic carbocycles. The Labute approximate surface area is 138 Å². The Morgan fingerprint density at radius 3 is 2.22 bits per heavy atom. The predicted octanol–water partition coefficient (Wildman–Crippen LogP) is 1.25. The van der Waals surface area contributed by atoms with Gasteiger partial charge < -0.3 is 15.1 Å². The van der Waals surface area contributed by atoms with Crippen LogP contribution in [-0.4, -0.2) is 68.9 Å². The Bertz CT molecular complexity index is 536. The number of amides is 2. The molecule has 0 unspecified atom stereocenters. The summed E-state index contributed by atoms with van der Waals surface area (Å²) in [6.45, 7) is 2.63. The second-order valence-electron chi connectivity index (χ2n) is 6.25. The summed E-state index contributed by atoms with van der Waals surface area (Å²) in [4.78, 5) is 29.2. The molecule has 2 amide bonds. The van der Waals surface area contributed by atoms with Crippen molar-refractivity contribution in [3.63, 3.8) is 0 Å². The van der Waals surface area contributed by atoms with E-state index in [9.17, 15) is 9.59 Å². The normalized spacial score (nSPS) is 14.2. The molecule has 1 aliphatic rings. The van der Waals surface area contributed by atoms with Gasteiger partial charge in [0.1, 0.15) is 0 Å². The zero-order valence-electron chi connectivity index (χ0n) is 14.2. The number of likely N-dealkylation sites (N-methyl/N-ethyl adjacent to an activating group) is 2. The fourth-order valence-electron chi connectivity index (χ4n) is 2.60. The maximum atomic E-state index is 12.0. The highest BCUT2D eigenvalue weighted by atomic mass is 16.2. The van der Waals surface area contributed by atoms with Gasteiger partial charge in [-0.3, -0.25) is 14.5 Å². The SMILES string of the molecule is CN(CC(=O)Nc1ccc(N2CCCC2)cc1)CC(=O)N(C)C. The van der Waals surface area contributed by atoms with Crippen LogP contribution in [0.25, 0.3) is 0 Å². The highest BCUT2D eigenvalue weighted by Gasteiger charge is 2.14. The Balaban J connectivity index is 1.81. The topological polar surface area (TPSA) is 55.9 Å². The van der Waals surface area contributed by atoms with Crippen LogP contribution in [0.1, 0.15) is 12.8 Å². The van der Waals surface area contributed by atoms with E-state index in [0.29, 0.717) is 0 Å². The number of carbonyl (C=O) groups is 2. The molecule has 0 spiro atoms. The van der Waals surface area contributed by atoms with E-state index in [1.807, 2.05) is 24.3 Å². The van der Waals surface area contributed by atoms with Crippen LogP contribution in [0.3, 0.4) is 0 Å². The summed E-state index contributed by atoms with van der Waals surface area (Å²) in [6, 6.07) is 7.94. The molecule has 6 heteroatoms. The molecule has 1 saturated heterocycles. The summed E-state index contributed by atoms with van der Waals surface area (Å²) in [5.41, 5.74) is 1.99. The maximum absolute atomic E-state index is 12.0. The van der Waals surface area contributed by atoms with E-state index in [4.69, 9.17) is 0 Å². The van der Waals surface area contributed by atoms with Crippen LogP contribution in [0, 0.1) is 0 Å². The predicted molar refractivity (Wildman–Crippen MR) is 92.7 cm³/mol. The molecular formula is C17H26N4O2. The quantitative estimate of drug-likeness (QED) is 0.857. The van der Waals surface area contributed by atoms with Crippen molar-refractivity contribution in [3.05, 3.63) is 24.3 Å². The van der Waals surface area contributed by atoms with Gasteiger partial charge in [-0.1, -0.05) is 0 Å². The standard InChI is InChI=1S/C17H26N4O2/c1-19(2)17(23)13-20(3)12-16(22)18-14-6-8-15(9-7-14)21-10-4-5-11-21/h6-9H,4-5,10-13H2,1-3H3,(H,18,22). The number of carbonyl (C=O) groups excluding carboxylic acids is 2. The summed E-state index contributed by atoms with van der Waals surface area (Å²) in [5.74, 6) is -0.136. The van der Waals surface area contributed by atoms with Gasteiger partial charge in [-0.05, 0) is 44.2 Å². The fourth-order valence-corrected chi connectivity index (χ4v) is 2.60. The number of hydrogen-bond donors (Lipinski definition) is 1. The van der Waals surface area contributed by atoms with E-state index in [1.54, 1.807) is 26.0 Å². The third-order valence-corrected chi connectivity index (χ3v) is 3.94. The van der Waals surface area contributed by atoms with E-state index < -0.39 is 0 Å². The first-order valence-electron chi connectivity index (χ1n) is 7.99. The van der Waals surface area contributed by atoms with Gasteiger partial charge in [0.15, 0.2) is 0 Å². The molecule has 1 aromatic rings. The molecule has 1 heterocycles. The molecule has 1 aliphatic heterocycles. The van der Waals surface area contributed by atoms with Crippen LogP contribution in [0.4, 0.5) is 11.4 Å². The number of hydrogen-bond acceptors (Lipinski definition) is 4. The van der Waals surface area contributed by atoms with Crippen LogP contribution >= 0.6 is 0 Å². The Morgan fingerprint density at radius 2 is 1.65 bits per heavy atom. The van der Waals surface area contributed by atoms with E-state index in [0.717, 1.165) is 18.8 Å². The van der Waals surface area contributed by atoms with Crippen molar-refractivity contribution in [2.24, 2.45) is 0 Å². The van der Waals surface area contributed by atoms with Gasteiger partial charge in [-0.15, -0.1) is 0 Å². The average Bonchev–Trinajstić information content (AvgIpc) is 3.01. The van der Waals surface area contributed by atoms with Gasteiger partial charge in [0.2, 0.25) is 11.8 Å². The van der Waals surface area contributed by atoms with Crippen molar-refractivity contribution in [2.45, 2.75) is 12.8 Å². The molecule has 126 valence electrons. The summed E-state index contributed by atoms with van der Waals surface area (Å²) in [6.07, 6.45) is 2.49. The molecule has 2 rings (SSSR count). The summed E-state index contributed by atoms with van der Waals surface area (Å²) < 4.78 is 0. The zero-order valence-corrected chi connectivity index (χ0v) is 14.2. The van der Waals surface area contributed by atoms with E-state index in [2.05, 4.69) is 10.2 Å². The lowest BCUT2D eigenvalue weighted by atomic mass is 10.2. The second kappa shape index (κ2) is 7.97. The zero-order chi connectivity index (χ0) is 16.8. The van der Waals surface area contributed by atoms with Crippen LogP contribution in [0.5, 0.6) is 0 Å². The molecule has 0 aromatic heterocycles. The van der Waals surface area contributed by atoms with Crippen LogP contribution < -0.4 is 10.2 Å². The second-order valence-corrected chi connectivity index (χ2v) is 6.25. The molecule has 0 radical (unpaired) electrons. The van der Waals surface area contributed by atoms with Crippen molar-refractivity contribution < 1.29 is 9.59 Å². The Morgan fingerprint density at radius 1 is 1.04 bits per heavy atom.